The highest BCUT2D eigenvalue weighted by Gasteiger charge is 2.12. The van der Waals surface area contributed by atoms with Crippen LogP contribution in [0.3, 0.4) is 0 Å². The first-order valence-electron chi connectivity index (χ1n) is 5.53. The molecule has 1 atom stereocenters. The highest BCUT2D eigenvalue weighted by atomic mass is 32.2. The van der Waals surface area contributed by atoms with Crippen molar-refractivity contribution >= 4 is 17.7 Å². The molecule has 0 aliphatic carbocycles. The Balaban J connectivity index is 2.09. The first-order chi connectivity index (χ1) is 8.15. The zero-order chi connectivity index (χ0) is 12.7. The number of esters is 1. The van der Waals surface area contributed by atoms with Gasteiger partial charge in [0.2, 0.25) is 0 Å². The van der Waals surface area contributed by atoms with Crippen LogP contribution in [0.15, 0.2) is 12.3 Å². The van der Waals surface area contributed by atoms with Gasteiger partial charge in [0.1, 0.15) is 6.04 Å². The molecule has 0 saturated heterocycles. The number of methoxy groups -OCH3 is 1. The minimum atomic E-state index is -0.496. The largest absolute Gasteiger partial charge is 0.468 e. The number of rotatable bonds is 7. The molecule has 0 aromatic carbocycles. The second-order valence-electron chi connectivity index (χ2n) is 3.73. The second-order valence-corrected chi connectivity index (χ2v) is 4.95. The van der Waals surface area contributed by atoms with E-state index < -0.39 is 6.04 Å². The summed E-state index contributed by atoms with van der Waals surface area (Å²) < 4.78 is 6.43. The molecule has 96 valence electrons. The number of nitrogens with zero attached hydrogens (tertiary/aromatic N) is 2. The van der Waals surface area contributed by atoms with Gasteiger partial charge in [0, 0.05) is 18.9 Å². The van der Waals surface area contributed by atoms with Crippen molar-refractivity contribution in [2.75, 3.05) is 18.6 Å². The fraction of sp³-hybridized carbons (Fsp3) is 0.636. The van der Waals surface area contributed by atoms with Crippen LogP contribution in [-0.2, 0) is 23.0 Å². The van der Waals surface area contributed by atoms with Crippen LogP contribution in [0, 0.1) is 0 Å². The molecule has 0 fully saturated rings. The smallest absolute Gasteiger partial charge is 0.322 e. The summed E-state index contributed by atoms with van der Waals surface area (Å²) in [5.74, 6) is 1.54. The zero-order valence-electron chi connectivity index (χ0n) is 10.3. The van der Waals surface area contributed by atoms with Crippen LogP contribution >= 0.6 is 11.8 Å². The Kier molecular flexibility index (Phi) is 6.07. The molecule has 1 heterocycles. The van der Waals surface area contributed by atoms with Crippen molar-refractivity contribution in [3.05, 3.63) is 18.0 Å². The van der Waals surface area contributed by atoms with E-state index in [0.29, 0.717) is 6.42 Å². The lowest BCUT2D eigenvalue weighted by atomic mass is 10.2. The maximum Gasteiger partial charge on any atom is 0.322 e. The van der Waals surface area contributed by atoms with E-state index in [2.05, 4.69) is 9.84 Å². The van der Waals surface area contributed by atoms with Gasteiger partial charge in [-0.15, -0.1) is 0 Å². The van der Waals surface area contributed by atoms with Gasteiger partial charge < -0.3 is 10.5 Å². The Labute approximate surface area is 106 Å². The van der Waals surface area contributed by atoms with Crippen LogP contribution in [0.2, 0.25) is 0 Å². The minimum absolute atomic E-state index is 0.336. The van der Waals surface area contributed by atoms with E-state index in [9.17, 15) is 4.79 Å². The number of nitrogens with two attached hydrogens (primary N) is 1. The van der Waals surface area contributed by atoms with Gasteiger partial charge in [-0.25, -0.2) is 0 Å². The molecule has 0 bridgehead atoms. The Morgan fingerprint density at radius 1 is 1.65 bits per heavy atom. The number of aryl methyl sites for hydroxylation is 2. The number of hydrogen-bond donors (Lipinski definition) is 1. The summed E-state index contributed by atoms with van der Waals surface area (Å²) in [4.78, 5) is 11.0. The summed E-state index contributed by atoms with van der Waals surface area (Å²) in [6.07, 6.45) is 3.44. The van der Waals surface area contributed by atoms with Gasteiger partial charge in [-0.2, -0.15) is 16.9 Å². The number of aromatic nitrogens is 2. The fourth-order valence-electron chi connectivity index (χ4n) is 1.40. The average molecular weight is 257 g/mol. The molecule has 5 nitrogen and oxygen atoms in total. The molecule has 1 rings (SSSR count). The lowest BCUT2D eigenvalue weighted by Crippen LogP contribution is -2.32. The van der Waals surface area contributed by atoms with Crippen molar-refractivity contribution in [1.29, 1.82) is 0 Å². The molecular weight excluding hydrogens is 238 g/mol. The average Bonchev–Trinajstić information content (AvgIpc) is 2.73. The van der Waals surface area contributed by atoms with Crippen LogP contribution < -0.4 is 5.73 Å². The number of carbonyl (C=O) groups excluding carboxylic acids is 1. The third kappa shape index (κ3) is 4.79. The summed E-state index contributed by atoms with van der Waals surface area (Å²) in [5.41, 5.74) is 6.84. The van der Waals surface area contributed by atoms with E-state index in [1.54, 1.807) is 18.0 Å². The molecule has 0 radical (unpaired) electrons. The van der Waals surface area contributed by atoms with Gasteiger partial charge in [-0.3, -0.25) is 9.48 Å². The van der Waals surface area contributed by atoms with Gasteiger partial charge in [0.25, 0.3) is 0 Å². The first kappa shape index (κ1) is 14.1. The maximum absolute atomic E-state index is 11.0. The second kappa shape index (κ2) is 7.34. The van der Waals surface area contributed by atoms with Gasteiger partial charge in [0.15, 0.2) is 0 Å². The summed E-state index contributed by atoms with van der Waals surface area (Å²) in [6.45, 7) is 0. The van der Waals surface area contributed by atoms with Gasteiger partial charge in [-0.1, -0.05) is 0 Å². The monoisotopic (exact) mass is 257 g/mol. The summed E-state index contributed by atoms with van der Waals surface area (Å²) >= 11 is 1.79. The van der Waals surface area contributed by atoms with Gasteiger partial charge in [-0.05, 0) is 30.4 Å². The Morgan fingerprint density at radius 3 is 3.00 bits per heavy atom. The number of ether oxygens (including phenoxy) is 1. The van der Waals surface area contributed by atoms with Crippen molar-refractivity contribution in [3.63, 3.8) is 0 Å². The molecule has 6 heteroatoms. The predicted octanol–water partition coefficient (Wildman–Crippen LogP) is 0.586. The van der Waals surface area contributed by atoms with Gasteiger partial charge >= 0.3 is 5.97 Å². The molecule has 1 unspecified atom stereocenters. The maximum atomic E-state index is 11.0. The first-order valence-corrected chi connectivity index (χ1v) is 6.68. The van der Waals surface area contributed by atoms with E-state index in [-0.39, 0.29) is 5.97 Å². The topological polar surface area (TPSA) is 70.1 Å². The number of hydrogen-bond acceptors (Lipinski definition) is 5. The van der Waals surface area contributed by atoms with E-state index in [4.69, 9.17) is 5.73 Å². The molecule has 0 aliphatic heterocycles. The molecule has 0 spiro atoms. The van der Waals surface area contributed by atoms with Crippen LogP contribution in [-0.4, -0.2) is 40.4 Å². The van der Waals surface area contributed by atoms with Crippen LogP contribution in [0.5, 0.6) is 0 Å². The van der Waals surface area contributed by atoms with Crippen molar-refractivity contribution < 1.29 is 9.53 Å². The normalized spacial score (nSPS) is 12.4. The lowest BCUT2D eigenvalue weighted by molar-refractivity contribution is -0.142. The Bertz CT molecular complexity index is 354. The summed E-state index contributed by atoms with van der Waals surface area (Å²) in [7, 11) is 3.30. The van der Waals surface area contributed by atoms with E-state index in [1.165, 1.54) is 12.8 Å². The molecule has 17 heavy (non-hydrogen) atoms. The lowest BCUT2D eigenvalue weighted by Gasteiger charge is -2.08. The molecule has 1 aromatic rings. The van der Waals surface area contributed by atoms with E-state index in [0.717, 1.165) is 17.9 Å². The van der Waals surface area contributed by atoms with E-state index >= 15 is 0 Å². The summed E-state index contributed by atoms with van der Waals surface area (Å²) in [5, 5.41) is 4.10. The third-order valence-corrected chi connectivity index (χ3v) is 3.52. The van der Waals surface area contributed by atoms with Crippen molar-refractivity contribution in [2.24, 2.45) is 12.8 Å². The molecule has 2 N–H and O–H groups in total. The van der Waals surface area contributed by atoms with Crippen molar-refractivity contribution in [3.8, 4) is 0 Å². The summed E-state index contributed by atoms with van der Waals surface area (Å²) in [6, 6.07) is 1.52. The standard InChI is InChI=1S/C11H19N3O2S/c1-14-9(3-6-13-14)4-7-17-8-5-10(12)11(15)16-2/h3,6,10H,4-5,7-8,12H2,1-2H3. The highest BCUT2D eigenvalue weighted by molar-refractivity contribution is 7.99. The Hall–Kier alpha value is -1.01. The number of carbonyl (C=O) groups is 1. The quantitative estimate of drug-likeness (QED) is 0.572. The third-order valence-electron chi connectivity index (χ3n) is 2.50. The van der Waals surface area contributed by atoms with Crippen molar-refractivity contribution in [1.82, 2.24) is 9.78 Å². The predicted molar refractivity (Wildman–Crippen MR) is 68.8 cm³/mol. The molecule has 1 aromatic heterocycles. The molecule has 0 saturated carbocycles. The van der Waals surface area contributed by atoms with Crippen LogP contribution in [0.1, 0.15) is 12.1 Å². The van der Waals surface area contributed by atoms with Crippen LogP contribution in [0.4, 0.5) is 0 Å². The SMILES string of the molecule is COC(=O)C(N)CCSCCc1ccnn1C. The van der Waals surface area contributed by atoms with Gasteiger partial charge in [0.05, 0.1) is 7.11 Å². The van der Waals surface area contributed by atoms with Crippen molar-refractivity contribution in [2.45, 2.75) is 18.9 Å². The zero-order valence-corrected chi connectivity index (χ0v) is 11.1. The molecule has 0 amide bonds. The Morgan fingerprint density at radius 2 is 2.41 bits per heavy atom. The minimum Gasteiger partial charge on any atom is -0.468 e. The highest BCUT2D eigenvalue weighted by Crippen LogP contribution is 2.08. The fourth-order valence-corrected chi connectivity index (χ4v) is 2.38. The molecular formula is C11H19N3O2S. The van der Waals surface area contributed by atoms with E-state index in [1.807, 2.05) is 17.8 Å². The number of thioether (sulfide) groups is 1. The molecule has 0 aliphatic rings. The van der Waals surface area contributed by atoms with Crippen LogP contribution in [0.25, 0.3) is 0 Å².